The van der Waals surface area contributed by atoms with E-state index in [-0.39, 0.29) is 5.91 Å². The van der Waals surface area contributed by atoms with Crippen LogP contribution in [0.3, 0.4) is 0 Å². The molecule has 0 saturated heterocycles. The minimum absolute atomic E-state index is 0.0220. The summed E-state index contributed by atoms with van der Waals surface area (Å²) in [6.45, 7) is 6.22. The van der Waals surface area contributed by atoms with E-state index in [0.29, 0.717) is 13.0 Å². The smallest absolute Gasteiger partial charge is 0.239 e. The van der Waals surface area contributed by atoms with Crippen molar-refractivity contribution in [1.29, 1.82) is 5.26 Å². The summed E-state index contributed by atoms with van der Waals surface area (Å²) < 4.78 is 0. The zero-order chi connectivity index (χ0) is 12.6. The van der Waals surface area contributed by atoms with E-state index < -0.39 is 5.92 Å². The number of nitrogens with zero attached hydrogens (tertiary/aromatic N) is 3. The van der Waals surface area contributed by atoms with Crippen LogP contribution < -0.4 is 0 Å². The number of amides is 1. The van der Waals surface area contributed by atoms with Crippen LogP contribution in [0.5, 0.6) is 0 Å². The normalized spacial score (nSPS) is 12.2. The molecular formula is C12H23N3O. The van der Waals surface area contributed by atoms with Gasteiger partial charge in [-0.25, -0.2) is 0 Å². The standard InChI is InChI=1S/C12H23N3O/c1-5-11(10-13)12(16)15(6-2)9-7-8-14(3)4/h11H,5-9H2,1-4H3. The SMILES string of the molecule is CCC(C#N)C(=O)N(CC)CCCN(C)C. The second-order valence-electron chi connectivity index (χ2n) is 4.16. The summed E-state index contributed by atoms with van der Waals surface area (Å²) in [6, 6.07) is 2.06. The van der Waals surface area contributed by atoms with Gasteiger partial charge in [-0.1, -0.05) is 6.92 Å². The second-order valence-corrected chi connectivity index (χ2v) is 4.16. The maximum absolute atomic E-state index is 11.9. The van der Waals surface area contributed by atoms with Crippen molar-refractivity contribution in [3.05, 3.63) is 0 Å². The third kappa shape index (κ3) is 5.13. The summed E-state index contributed by atoms with van der Waals surface area (Å²) in [7, 11) is 4.03. The van der Waals surface area contributed by atoms with E-state index in [1.165, 1.54) is 0 Å². The minimum Gasteiger partial charge on any atom is -0.342 e. The van der Waals surface area contributed by atoms with Crippen LogP contribution in [0.4, 0.5) is 0 Å². The molecule has 0 fully saturated rings. The van der Waals surface area contributed by atoms with E-state index in [2.05, 4.69) is 11.0 Å². The summed E-state index contributed by atoms with van der Waals surface area (Å²) in [6.07, 6.45) is 1.55. The van der Waals surface area contributed by atoms with Crippen LogP contribution in [-0.4, -0.2) is 49.4 Å². The van der Waals surface area contributed by atoms with Crippen LogP contribution >= 0.6 is 0 Å². The van der Waals surface area contributed by atoms with E-state index in [4.69, 9.17) is 5.26 Å². The van der Waals surface area contributed by atoms with Gasteiger partial charge in [-0.15, -0.1) is 0 Å². The molecule has 0 aliphatic carbocycles. The lowest BCUT2D eigenvalue weighted by Gasteiger charge is -2.23. The van der Waals surface area contributed by atoms with Crippen LogP contribution in [0.2, 0.25) is 0 Å². The van der Waals surface area contributed by atoms with E-state index in [1.54, 1.807) is 4.90 Å². The largest absolute Gasteiger partial charge is 0.342 e. The van der Waals surface area contributed by atoms with Crippen molar-refractivity contribution < 1.29 is 4.79 Å². The summed E-state index contributed by atoms with van der Waals surface area (Å²) in [5.74, 6) is -0.495. The van der Waals surface area contributed by atoms with Crippen molar-refractivity contribution in [3.63, 3.8) is 0 Å². The van der Waals surface area contributed by atoms with Gasteiger partial charge >= 0.3 is 0 Å². The van der Waals surface area contributed by atoms with Crippen LogP contribution in [0.1, 0.15) is 26.7 Å². The third-order valence-electron chi connectivity index (χ3n) is 2.59. The molecule has 16 heavy (non-hydrogen) atoms. The van der Waals surface area contributed by atoms with Gasteiger partial charge in [-0.2, -0.15) is 5.26 Å². The molecule has 4 heteroatoms. The molecule has 0 N–H and O–H groups in total. The van der Waals surface area contributed by atoms with Crippen LogP contribution in [0.15, 0.2) is 0 Å². The summed E-state index contributed by atoms with van der Waals surface area (Å²) >= 11 is 0. The lowest BCUT2D eigenvalue weighted by atomic mass is 10.1. The summed E-state index contributed by atoms with van der Waals surface area (Å²) in [5, 5.41) is 8.85. The maximum atomic E-state index is 11.9. The summed E-state index contributed by atoms with van der Waals surface area (Å²) in [5.41, 5.74) is 0. The molecule has 0 heterocycles. The quantitative estimate of drug-likeness (QED) is 0.657. The van der Waals surface area contributed by atoms with Crippen molar-refractivity contribution in [2.45, 2.75) is 26.7 Å². The molecule has 0 aliphatic heterocycles. The second kappa shape index (κ2) is 8.12. The van der Waals surface area contributed by atoms with Crippen molar-refractivity contribution in [1.82, 2.24) is 9.80 Å². The Labute approximate surface area is 98.8 Å². The van der Waals surface area contributed by atoms with Gasteiger partial charge < -0.3 is 9.80 Å². The van der Waals surface area contributed by atoms with Gasteiger partial charge in [-0.3, -0.25) is 4.79 Å². The topological polar surface area (TPSA) is 47.3 Å². The van der Waals surface area contributed by atoms with Crippen molar-refractivity contribution >= 4 is 5.91 Å². The number of carbonyl (C=O) groups excluding carboxylic acids is 1. The highest BCUT2D eigenvalue weighted by molar-refractivity contribution is 5.81. The first-order valence-corrected chi connectivity index (χ1v) is 5.89. The number of carbonyl (C=O) groups is 1. The van der Waals surface area contributed by atoms with Crippen molar-refractivity contribution in [2.75, 3.05) is 33.7 Å². The highest BCUT2D eigenvalue weighted by Crippen LogP contribution is 2.07. The van der Waals surface area contributed by atoms with E-state index in [1.807, 2.05) is 27.9 Å². The number of rotatable bonds is 7. The van der Waals surface area contributed by atoms with E-state index >= 15 is 0 Å². The first kappa shape index (κ1) is 14.9. The number of hydrogen-bond acceptors (Lipinski definition) is 3. The highest BCUT2D eigenvalue weighted by Gasteiger charge is 2.20. The number of nitriles is 1. The molecule has 0 rings (SSSR count). The molecule has 0 spiro atoms. The fraction of sp³-hybridized carbons (Fsp3) is 0.833. The maximum Gasteiger partial charge on any atom is 0.239 e. The predicted octanol–water partition coefficient (Wildman–Crippen LogP) is 1.34. The Morgan fingerprint density at radius 3 is 2.31 bits per heavy atom. The fourth-order valence-corrected chi connectivity index (χ4v) is 1.54. The lowest BCUT2D eigenvalue weighted by molar-refractivity contribution is -0.133. The van der Waals surface area contributed by atoms with Gasteiger partial charge in [-0.05, 0) is 40.4 Å². The van der Waals surface area contributed by atoms with Crippen LogP contribution in [0, 0.1) is 17.2 Å². The molecule has 0 aromatic carbocycles. The molecule has 0 aromatic rings. The van der Waals surface area contributed by atoms with Crippen LogP contribution in [0.25, 0.3) is 0 Å². The Morgan fingerprint density at radius 1 is 1.31 bits per heavy atom. The van der Waals surface area contributed by atoms with Crippen LogP contribution in [-0.2, 0) is 4.79 Å². The van der Waals surface area contributed by atoms with Gasteiger partial charge in [0, 0.05) is 13.1 Å². The fourth-order valence-electron chi connectivity index (χ4n) is 1.54. The average molecular weight is 225 g/mol. The molecular weight excluding hydrogens is 202 g/mol. The van der Waals surface area contributed by atoms with E-state index in [0.717, 1.165) is 19.5 Å². The summed E-state index contributed by atoms with van der Waals surface area (Å²) in [4.78, 5) is 15.8. The Balaban J connectivity index is 4.17. The zero-order valence-corrected chi connectivity index (χ0v) is 10.9. The molecule has 0 aromatic heterocycles. The Morgan fingerprint density at radius 2 is 1.94 bits per heavy atom. The molecule has 1 unspecified atom stereocenters. The minimum atomic E-state index is -0.473. The molecule has 0 radical (unpaired) electrons. The van der Waals surface area contributed by atoms with Gasteiger partial charge in [0.25, 0.3) is 0 Å². The molecule has 92 valence electrons. The molecule has 4 nitrogen and oxygen atoms in total. The van der Waals surface area contributed by atoms with Gasteiger partial charge in [0.2, 0.25) is 5.91 Å². The molecule has 1 amide bonds. The average Bonchev–Trinajstić information content (AvgIpc) is 2.25. The van der Waals surface area contributed by atoms with Gasteiger partial charge in [0.15, 0.2) is 0 Å². The zero-order valence-electron chi connectivity index (χ0n) is 10.9. The molecule has 0 aliphatic rings. The van der Waals surface area contributed by atoms with Crippen molar-refractivity contribution in [3.8, 4) is 6.07 Å². The Kier molecular flexibility index (Phi) is 7.57. The predicted molar refractivity (Wildman–Crippen MR) is 64.8 cm³/mol. The van der Waals surface area contributed by atoms with Crippen molar-refractivity contribution in [2.24, 2.45) is 5.92 Å². The lowest BCUT2D eigenvalue weighted by Crippen LogP contribution is -2.37. The van der Waals surface area contributed by atoms with E-state index in [9.17, 15) is 4.79 Å². The first-order chi connectivity index (χ1) is 7.56. The molecule has 0 saturated carbocycles. The highest BCUT2D eigenvalue weighted by atomic mass is 16.2. The first-order valence-electron chi connectivity index (χ1n) is 5.89. The van der Waals surface area contributed by atoms with Gasteiger partial charge in [0.05, 0.1) is 6.07 Å². The Hall–Kier alpha value is -1.08. The Bertz CT molecular complexity index is 245. The monoisotopic (exact) mass is 225 g/mol. The molecule has 1 atom stereocenters. The van der Waals surface area contributed by atoms with Gasteiger partial charge in [0.1, 0.15) is 5.92 Å². The number of hydrogen-bond donors (Lipinski definition) is 0. The molecule has 0 bridgehead atoms. The third-order valence-corrected chi connectivity index (χ3v) is 2.59.